The van der Waals surface area contributed by atoms with Crippen molar-refractivity contribution in [1.29, 1.82) is 0 Å². The van der Waals surface area contributed by atoms with Gasteiger partial charge < -0.3 is 14.2 Å². The molecule has 3 atom stereocenters. The molecular formula is C30H34Cl3FN4O5S. The molecule has 0 aliphatic carbocycles. The Balaban J connectivity index is 1.70. The third kappa shape index (κ3) is 9.81. The first-order valence-electron chi connectivity index (χ1n) is 13.8. The summed E-state index contributed by atoms with van der Waals surface area (Å²) in [5.74, 6) is -0.524. The van der Waals surface area contributed by atoms with Crippen LogP contribution in [0.5, 0.6) is 0 Å². The van der Waals surface area contributed by atoms with Gasteiger partial charge in [0.15, 0.2) is 6.29 Å². The van der Waals surface area contributed by atoms with Gasteiger partial charge in [-0.05, 0) is 41.8 Å². The Morgan fingerprint density at radius 2 is 1.86 bits per heavy atom. The Bertz CT molecular complexity index is 1540. The van der Waals surface area contributed by atoms with Gasteiger partial charge in [-0.3, -0.25) is 4.98 Å². The van der Waals surface area contributed by atoms with Gasteiger partial charge in [-0.1, -0.05) is 66.9 Å². The van der Waals surface area contributed by atoms with Crippen molar-refractivity contribution >= 4 is 56.9 Å². The van der Waals surface area contributed by atoms with Gasteiger partial charge in [0.05, 0.1) is 43.1 Å². The second-order valence-corrected chi connectivity index (χ2v) is 15.2. The average Bonchev–Trinajstić information content (AvgIpc) is 2.97. The number of nitrogens with zero attached hydrogens (tertiary/aromatic N) is 4. The monoisotopic (exact) mass is 686 g/mol. The van der Waals surface area contributed by atoms with Crippen LogP contribution in [-0.4, -0.2) is 65.6 Å². The highest BCUT2D eigenvalue weighted by atomic mass is 35.6. The van der Waals surface area contributed by atoms with Crippen molar-refractivity contribution in [2.75, 3.05) is 24.2 Å². The fourth-order valence-corrected chi connectivity index (χ4v) is 5.10. The maximum Gasteiger partial charge on any atom is 0.239 e. The lowest BCUT2D eigenvalue weighted by molar-refractivity contribution is -0.211. The highest BCUT2D eigenvalue weighted by Gasteiger charge is 2.32. The molecule has 44 heavy (non-hydrogen) atoms. The number of benzene rings is 1. The fourth-order valence-electron chi connectivity index (χ4n) is 4.53. The second kappa shape index (κ2) is 14.8. The molecule has 0 saturated carbocycles. The van der Waals surface area contributed by atoms with Crippen LogP contribution in [0.3, 0.4) is 0 Å². The van der Waals surface area contributed by atoms with E-state index in [2.05, 4.69) is 15.0 Å². The van der Waals surface area contributed by atoms with E-state index in [9.17, 15) is 12.8 Å². The van der Waals surface area contributed by atoms with Crippen LogP contribution in [0.15, 0.2) is 54.9 Å². The molecule has 0 radical (unpaired) electrons. The molecule has 1 fully saturated rings. The van der Waals surface area contributed by atoms with Gasteiger partial charge >= 0.3 is 0 Å². The lowest BCUT2D eigenvalue weighted by Gasteiger charge is -2.34. The van der Waals surface area contributed by atoms with E-state index in [-0.39, 0.29) is 24.6 Å². The summed E-state index contributed by atoms with van der Waals surface area (Å²) in [6.07, 6.45) is 7.68. The molecule has 4 rings (SSSR count). The van der Waals surface area contributed by atoms with Crippen LogP contribution in [0, 0.1) is 5.82 Å². The number of rotatable bonds is 11. The van der Waals surface area contributed by atoms with Gasteiger partial charge in [0.2, 0.25) is 19.8 Å². The van der Waals surface area contributed by atoms with E-state index in [1.165, 1.54) is 19.2 Å². The summed E-state index contributed by atoms with van der Waals surface area (Å²) in [6.45, 7) is 4.06. The molecule has 3 aromatic rings. The molecule has 238 valence electrons. The van der Waals surface area contributed by atoms with Crippen molar-refractivity contribution in [2.45, 2.75) is 61.5 Å². The highest BCUT2D eigenvalue weighted by molar-refractivity contribution is 7.92. The minimum Gasteiger partial charge on any atom is -0.373 e. The molecular weight excluding hydrogens is 654 g/mol. The SMILES string of the molecule is CC(C)c1nc(N(C)S(C)(=O)=O)nc(-c2ccc(F)cc2)c1/C=C/[C@@H]1C[C@@H](OCc2cccnc2)CC(OCC(Cl)(Cl)Cl)O1. The highest BCUT2D eigenvalue weighted by Crippen LogP contribution is 2.34. The number of hydrogen-bond donors (Lipinski definition) is 0. The van der Waals surface area contributed by atoms with Crippen LogP contribution >= 0.6 is 34.8 Å². The van der Waals surface area contributed by atoms with Crippen molar-refractivity contribution in [3.63, 3.8) is 0 Å². The summed E-state index contributed by atoms with van der Waals surface area (Å²) < 4.78 is 56.1. The van der Waals surface area contributed by atoms with Crippen molar-refractivity contribution in [3.8, 4) is 11.3 Å². The van der Waals surface area contributed by atoms with Crippen LogP contribution in [0.4, 0.5) is 10.3 Å². The largest absolute Gasteiger partial charge is 0.373 e. The van der Waals surface area contributed by atoms with Crippen molar-refractivity contribution in [1.82, 2.24) is 15.0 Å². The van der Waals surface area contributed by atoms with E-state index in [4.69, 9.17) is 49.0 Å². The predicted molar refractivity (Wildman–Crippen MR) is 171 cm³/mol. The minimum atomic E-state index is -3.65. The molecule has 2 aromatic heterocycles. The molecule has 0 spiro atoms. The van der Waals surface area contributed by atoms with Gasteiger partial charge in [0.25, 0.3) is 0 Å². The van der Waals surface area contributed by atoms with Crippen LogP contribution in [0.1, 0.15) is 49.4 Å². The molecule has 1 aromatic carbocycles. The molecule has 9 nitrogen and oxygen atoms in total. The van der Waals surface area contributed by atoms with Gasteiger partial charge in [0, 0.05) is 43.4 Å². The van der Waals surface area contributed by atoms with Crippen LogP contribution in [0.25, 0.3) is 17.3 Å². The molecule has 3 heterocycles. The maximum absolute atomic E-state index is 13.8. The van der Waals surface area contributed by atoms with E-state index in [1.54, 1.807) is 24.5 Å². The molecule has 1 aliphatic heterocycles. The first-order valence-corrected chi connectivity index (χ1v) is 16.8. The average molecular weight is 688 g/mol. The topological polar surface area (TPSA) is 104 Å². The van der Waals surface area contributed by atoms with Crippen molar-refractivity contribution in [2.24, 2.45) is 0 Å². The number of hydrogen-bond acceptors (Lipinski definition) is 8. The minimum absolute atomic E-state index is 0.00521. The number of sulfonamides is 1. The normalized spacial score (nSPS) is 19.5. The van der Waals surface area contributed by atoms with Crippen LogP contribution in [-0.2, 0) is 30.8 Å². The zero-order valence-corrected chi connectivity index (χ0v) is 27.7. The molecule has 1 unspecified atom stereocenters. The predicted octanol–water partition coefficient (Wildman–Crippen LogP) is 6.69. The van der Waals surface area contributed by atoms with Gasteiger partial charge in [-0.25, -0.2) is 27.1 Å². The Morgan fingerprint density at radius 1 is 1.14 bits per heavy atom. The van der Waals surface area contributed by atoms with E-state index in [0.29, 0.717) is 42.0 Å². The van der Waals surface area contributed by atoms with E-state index in [1.807, 2.05) is 38.1 Å². The summed E-state index contributed by atoms with van der Waals surface area (Å²) in [7, 11) is -2.26. The summed E-state index contributed by atoms with van der Waals surface area (Å²) in [6, 6.07) is 9.58. The lowest BCUT2D eigenvalue weighted by atomic mass is 9.96. The van der Waals surface area contributed by atoms with E-state index >= 15 is 0 Å². The second-order valence-electron chi connectivity index (χ2n) is 10.7. The number of halogens is 4. The number of aromatic nitrogens is 3. The summed E-state index contributed by atoms with van der Waals surface area (Å²) in [4.78, 5) is 13.4. The zero-order chi connectivity index (χ0) is 32.1. The number of anilines is 1. The molecule has 1 saturated heterocycles. The number of alkyl halides is 3. The van der Waals surface area contributed by atoms with E-state index < -0.39 is 32.0 Å². The molecule has 0 amide bonds. The van der Waals surface area contributed by atoms with Gasteiger partial charge in [0.1, 0.15) is 5.82 Å². The van der Waals surface area contributed by atoms with E-state index in [0.717, 1.165) is 16.1 Å². The van der Waals surface area contributed by atoms with Crippen LogP contribution in [0.2, 0.25) is 0 Å². The Hall–Kier alpha value is -2.38. The molecule has 14 heteroatoms. The maximum atomic E-state index is 13.8. The standard InChI is InChI=1S/C30H34Cl3FN4O5S/c1-19(2)27-25(28(21-7-9-22(34)10-8-21)37-29(36-27)38(3)44(4,39)40)12-11-23-14-24(41-17-20-6-5-13-35-16-20)15-26(43-23)42-18-30(31,32)33/h5-13,16,19,23-24,26H,14-15,17-18H2,1-4H3/b12-11+/t23-,24-,26?/m1/s1. The summed E-state index contributed by atoms with van der Waals surface area (Å²) in [5, 5.41) is 0. The third-order valence-corrected chi connectivity index (χ3v) is 8.29. The number of pyridine rings is 1. The van der Waals surface area contributed by atoms with Crippen molar-refractivity contribution in [3.05, 3.63) is 77.5 Å². The Morgan fingerprint density at radius 3 is 2.48 bits per heavy atom. The van der Waals surface area contributed by atoms with Crippen LogP contribution < -0.4 is 4.31 Å². The van der Waals surface area contributed by atoms with Gasteiger partial charge in [-0.2, -0.15) is 0 Å². The molecule has 0 N–H and O–H groups in total. The smallest absolute Gasteiger partial charge is 0.239 e. The zero-order valence-electron chi connectivity index (χ0n) is 24.7. The van der Waals surface area contributed by atoms with Gasteiger partial charge in [-0.15, -0.1) is 0 Å². The lowest BCUT2D eigenvalue weighted by Crippen LogP contribution is -2.38. The third-order valence-electron chi connectivity index (χ3n) is 6.80. The quantitative estimate of drug-likeness (QED) is 0.206. The molecule has 0 bridgehead atoms. The number of ether oxygens (including phenoxy) is 3. The van der Waals surface area contributed by atoms with Crippen molar-refractivity contribution < 1.29 is 27.0 Å². The summed E-state index contributed by atoms with van der Waals surface area (Å²) in [5.41, 5.74) is 3.19. The first-order chi connectivity index (χ1) is 20.7. The summed E-state index contributed by atoms with van der Waals surface area (Å²) >= 11 is 17.8. The fraction of sp³-hybridized carbons (Fsp3) is 0.433. The molecule has 1 aliphatic rings. The Kier molecular flexibility index (Phi) is 11.6. The first kappa shape index (κ1) is 34.5. The Labute approximate surface area is 272 Å².